The van der Waals surface area contributed by atoms with Gasteiger partial charge in [0.2, 0.25) is 5.91 Å². The minimum absolute atomic E-state index is 0.101. The number of hydrogen-bond donors (Lipinski definition) is 1. The monoisotopic (exact) mass is 371 g/mol. The molecule has 0 radical (unpaired) electrons. The largest absolute Gasteiger partial charge is 0.497 e. The van der Waals surface area contributed by atoms with Gasteiger partial charge in [0.25, 0.3) is 0 Å². The van der Waals surface area contributed by atoms with Crippen LogP contribution in [0.4, 0.5) is 5.69 Å². The first-order valence-corrected chi connectivity index (χ1v) is 8.84. The Labute approximate surface area is 154 Å². The number of Topliss-reactive ketones (excluding diaryl/α,β-unsaturated/α-hetero) is 1. The van der Waals surface area contributed by atoms with E-state index in [-0.39, 0.29) is 24.7 Å². The summed E-state index contributed by atoms with van der Waals surface area (Å²) in [7, 11) is 1.51. The number of esters is 1. The maximum absolute atomic E-state index is 12.1. The Morgan fingerprint density at radius 2 is 1.96 bits per heavy atom. The van der Waals surface area contributed by atoms with Gasteiger partial charge in [-0.3, -0.25) is 14.4 Å². The first-order valence-electron chi connectivity index (χ1n) is 7.96. The third-order valence-corrected chi connectivity index (χ3v) is 5.09. The third kappa shape index (κ3) is 4.23. The number of amides is 1. The van der Waals surface area contributed by atoms with Crippen LogP contribution in [0.3, 0.4) is 0 Å². The van der Waals surface area contributed by atoms with E-state index in [0.29, 0.717) is 11.3 Å². The second-order valence-electron chi connectivity index (χ2n) is 5.61. The second-order valence-corrected chi connectivity index (χ2v) is 6.86. The van der Waals surface area contributed by atoms with Crippen LogP contribution in [0.5, 0.6) is 5.75 Å². The van der Waals surface area contributed by atoms with Crippen molar-refractivity contribution in [3.63, 3.8) is 0 Å². The van der Waals surface area contributed by atoms with E-state index in [2.05, 4.69) is 5.32 Å². The Balaban J connectivity index is 1.54. The molecule has 7 heteroatoms. The predicted octanol–water partition coefficient (Wildman–Crippen LogP) is 2.92. The van der Waals surface area contributed by atoms with E-state index < -0.39 is 11.2 Å². The Bertz CT molecular complexity index is 851. The maximum atomic E-state index is 12.1. The topological polar surface area (TPSA) is 81.7 Å². The first-order chi connectivity index (χ1) is 12.6. The molecule has 1 aliphatic rings. The molecule has 134 valence electrons. The Hall–Kier alpha value is -2.80. The summed E-state index contributed by atoms with van der Waals surface area (Å²) in [6.45, 7) is -0.373. The van der Waals surface area contributed by atoms with Gasteiger partial charge in [-0.15, -0.1) is 11.8 Å². The number of ether oxygens (including phenoxy) is 2. The SMILES string of the molecule is COc1cccc(C(=O)COC(=O)CC2Sc3ccccc3NC2=O)c1. The first kappa shape index (κ1) is 18.0. The Morgan fingerprint density at radius 3 is 2.77 bits per heavy atom. The lowest BCUT2D eigenvalue weighted by Gasteiger charge is -2.23. The molecule has 2 aromatic carbocycles. The molecule has 1 unspecified atom stereocenters. The molecule has 0 aromatic heterocycles. The summed E-state index contributed by atoms with van der Waals surface area (Å²) in [5.41, 5.74) is 1.14. The van der Waals surface area contributed by atoms with Crippen LogP contribution in [0.25, 0.3) is 0 Å². The zero-order valence-corrected chi connectivity index (χ0v) is 14.9. The van der Waals surface area contributed by atoms with Gasteiger partial charge in [-0.2, -0.15) is 0 Å². The van der Waals surface area contributed by atoms with Gasteiger partial charge in [0.1, 0.15) is 5.75 Å². The lowest BCUT2D eigenvalue weighted by atomic mass is 10.1. The molecule has 1 aliphatic heterocycles. The molecular weight excluding hydrogens is 354 g/mol. The summed E-state index contributed by atoms with van der Waals surface area (Å²) >= 11 is 1.31. The third-order valence-electron chi connectivity index (χ3n) is 3.81. The van der Waals surface area contributed by atoms with Crippen LogP contribution in [0.1, 0.15) is 16.8 Å². The number of hydrogen-bond acceptors (Lipinski definition) is 6. The molecule has 0 saturated carbocycles. The number of nitrogens with one attached hydrogen (secondary N) is 1. The number of anilines is 1. The Kier molecular flexibility index (Phi) is 5.58. The zero-order valence-electron chi connectivity index (χ0n) is 14.1. The van der Waals surface area contributed by atoms with E-state index in [0.717, 1.165) is 10.6 Å². The number of carbonyl (C=O) groups excluding carboxylic acids is 3. The predicted molar refractivity (Wildman–Crippen MR) is 97.6 cm³/mol. The van der Waals surface area contributed by atoms with Crippen molar-refractivity contribution in [2.24, 2.45) is 0 Å². The van der Waals surface area contributed by atoms with Gasteiger partial charge >= 0.3 is 5.97 Å². The molecule has 1 N–H and O–H groups in total. The summed E-state index contributed by atoms with van der Waals surface area (Å²) in [6, 6.07) is 14.0. The van der Waals surface area contributed by atoms with Crippen LogP contribution >= 0.6 is 11.8 Å². The molecule has 0 fully saturated rings. The molecule has 0 saturated heterocycles. The van der Waals surface area contributed by atoms with E-state index in [1.54, 1.807) is 24.3 Å². The minimum Gasteiger partial charge on any atom is -0.497 e. The molecule has 1 atom stereocenters. The number of carbonyl (C=O) groups is 3. The molecule has 0 bridgehead atoms. The van der Waals surface area contributed by atoms with E-state index in [4.69, 9.17) is 9.47 Å². The van der Waals surface area contributed by atoms with Crippen LogP contribution < -0.4 is 10.1 Å². The second kappa shape index (κ2) is 8.05. The number of methoxy groups -OCH3 is 1. The standard InChI is InChI=1S/C19H17NO5S/c1-24-13-6-4-5-12(9-13)15(21)11-25-18(22)10-17-19(23)20-14-7-2-3-8-16(14)26-17/h2-9,17H,10-11H2,1H3,(H,20,23). The van der Waals surface area contributed by atoms with Gasteiger partial charge in [0.15, 0.2) is 12.4 Å². The number of fused-ring (bicyclic) bond motifs is 1. The van der Waals surface area contributed by atoms with Crippen molar-refractivity contribution in [3.8, 4) is 5.75 Å². The van der Waals surface area contributed by atoms with Gasteiger partial charge in [-0.25, -0.2) is 0 Å². The highest BCUT2D eigenvalue weighted by atomic mass is 32.2. The van der Waals surface area contributed by atoms with Gasteiger partial charge in [-0.05, 0) is 24.3 Å². The van der Waals surface area contributed by atoms with Gasteiger partial charge in [0, 0.05) is 10.5 Å². The molecule has 3 rings (SSSR count). The number of ketones is 1. The zero-order chi connectivity index (χ0) is 18.5. The van der Waals surface area contributed by atoms with Gasteiger partial charge in [0.05, 0.1) is 24.5 Å². The molecule has 0 aliphatic carbocycles. The van der Waals surface area contributed by atoms with Crippen molar-refractivity contribution in [3.05, 3.63) is 54.1 Å². The minimum atomic E-state index is -0.590. The van der Waals surface area contributed by atoms with Crippen molar-refractivity contribution in [2.75, 3.05) is 19.0 Å². The van der Waals surface area contributed by atoms with Crippen molar-refractivity contribution in [2.45, 2.75) is 16.6 Å². The van der Waals surface area contributed by atoms with Crippen LogP contribution in [0.15, 0.2) is 53.4 Å². The summed E-state index contributed by atoms with van der Waals surface area (Å²) in [5, 5.41) is 2.19. The van der Waals surface area contributed by atoms with E-state index in [9.17, 15) is 14.4 Å². The number of benzene rings is 2. The average Bonchev–Trinajstić information content (AvgIpc) is 2.66. The van der Waals surface area contributed by atoms with E-state index in [1.165, 1.54) is 18.9 Å². The van der Waals surface area contributed by atoms with Crippen LogP contribution in [-0.4, -0.2) is 36.6 Å². The number of para-hydroxylation sites is 1. The summed E-state index contributed by atoms with van der Waals surface area (Å²) in [4.78, 5) is 37.2. The molecule has 0 spiro atoms. The molecular formula is C19H17NO5S. The highest BCUT2D eigenvalue weighted by Gasteiger charge is 2.29. The van der Waals surface area contributed by atoms with Gasteiger partial charge in [-0.1, -0.05) is 24.3 Å². The highest BCUT2D eigenvalue weighted by molar-refractivity contribution is 8.01. The number of thioether (sulfide) groups is 1. The van der Waals surface area contributed by atoms with Crippen LogP contribution in [0.2, 0.25) is 0 Å². The Morgan fingerprint density at radius 1 is 1.15 bits per heavy atom. The molecule has 6 nitrogen and oxygen atoms in total. The maximum Gasteiger partial charge on any atom is 0.307 e. The highest BCUT2D eigenvalue weighted by Crippen LogP contribution is 2.36. The van der Waals surface area contributed by atoms with Crippen LogP contribution in [0, 0.1) is 0 Å². The molecule has 26 heavy (non-hydrogen) atoms. The normalized spacial score (nSPS) is 15.6. The van der Waals surface area contributed by atoms with E-state index >= 15 is 0 Å². The molecule has 1 amide bonds. The summed E-state index contributed by atoms with van der Waals surface area (Å²) in [5.74, 6) is -0.613. The smallest absolute Gasteiger partial charge is 0.307 e. The van der Waals surface area contributed by atoms with E-state index in [1.807, 2.05) is 24.3 Å². The fourth-order valence-electron chi connectivity index (χ4n) is 2.46. The van der Waals surface area contributed by atoms with Crippen molar-refractivity contribution < 1.29 is 23.9 Å². The van der Waals surface area contributed by atoms with Crippen molar-refractivity contribution >= 4 is 35.1 Å². The fraction of sp³-hybridized carbons (Fsp3) is 0.211. The summed E-state index contributed by atoms with van der Waals surface area (Å²) in [6.07, 6.45) is -0.101. The lowest BCUT2D eigenvalue weighted by molar-refractivity contribution is -0.143. The average molecular weight is 371 g/mol. The molecule has 2 aromatic rings. The van der Waals surface area contributed by atoms with Crippen molar-refractivity contribution in [1.29, 1.82) is 0 Å². The fourth-order valence-corrected chi connectivity index (χ4v) is 3.56. The molecule has 1 heterocycles. The quantitative estimate of drug-likeness (QED) is 0.621. The lowest BCUT2D eigenvalue weighted by Crippen LogP contribution is -2.31. The van der Waals surface area contributed by atoms with Crippen molar-refractivity contribution in [1.82, 2.24) is 0 Å². The van der Waals surface area contributed by atoms with Crippen LogP contribution in [-0.2, 0) is 14.3 Å². The number of rotatable bonds is 6. The summed E-state index contributed by atoms with van der Waals surface area (Å²) < 4.78 is 10.1. The van der Waals surface area contributed by atoms with Gasteiger partial charge < -0.3 is 14.8 Å².